The van der Waals surface area contributed by atoms with E-state index in [2.05, 4.69) is 10.1 Å². The highest BCUT2D eigenvalue weighted by atomic mass is 19.3. The Bertz CT molecular complexity index is 1080. The number of morpholine rings is 1. The SMILES string of the molecule is O=C(Nc1c(C(=O)N2CCOCC2)oc2ccccc12)c1ccccc1OC(F)F. The molecule has 2 amide bonds. The Labute approximate surface area is 170 Å². The zero-order chi connectivity index (χ0) is 21.1. The Balaban J connectivity index is 1.70. The van der Waals surface area contributed by atoms with Gasteiger partial charge >= 0.3 is 6.61 Å². The summed E-state index contributed by atoms with van der Waals surface area (Å²) in [5.41, 5.74) is 0.508. The summed E-state index contributed by atoms with van der Waals surface area (Å²) < 4.78 is 40.9. The number of nitrogens with one attached hydrogen (secondary N) is 1. The number of nitrogens with zero attached hydrogens (tertiary/aromatic N) is 1. The number of carbonyl (C=O) groups is 2. The molecule has 7 nitrogen and oxygen atoms in total. The molecule has 30 heavy (non-hydrogen) atoms. The summed E-state index contributed by atoms with van der Waals surface area (Å²) in [5, 5.41) is 3.17. The Kier molecular flexibility index (Phi) is 5.62. The molecular weight excluding hydrogens is 398 g/mol. The molecule has 0 spiro atoms. The number of rotatable bonds is 5. The summed E-state index contributed by atoms with van der Waals surface area (Å²) in [5.74, 6) is -1.38. The van der Waals surface area contributed by atoms with E-state index in [0.717, 1.165) is 0 Å². The lowest BCUT2D eigenvalue weighted by atomic mass is 10.1. The van der Waals surface area contributed by atoms with Gasteiger partial charge in [0.15, 0.2) is 0 Å². The van der Waals surface area contributed by atoms with E-state index >= 15 is 0 Å². The van der Waals surface area contributed by atoms with Crippen molar-refractivity contribution < 1.29 is 32.3 Å². The van der Waals surface area contributed by atoms with Gasteiger partial charge in [-0.3, -0.25) is 9.59 Å². The van der Waals surface area contributed by atoms with Gasteiger partial charge in [-0.25, -0.2) is 0 Å². The van der Waals surface area contributed by atoms with Gasteiger partial charge in [-0.2, -0.15) is 8.78 Å². The van der Waals surface area contributed by atoms with Crippen LogP contribution in [0, 0.1) is 0 Å². The van der Waals surface area contributed by atoms with Crippen LogP contribution in [0.3, 0.4) is 0 Å². The third-order valence-corrected chi connectivity index (χ3v) is 4.67. The zero-order valence-electron chi connectivity index (χ0n) is 15.8. The maximum Gasteiger partial charge on any atom is 0.387 e. The molecule has 2 heterocycles. The van der Waals surface area contributed by atoms with Gasteiger partial charge < -0.3 is 24.1 Å². The van der Waals surface area contributed by atoms with Crippen molar-refractivity contribution in [2.45, 2.75) is 6.61 Å². The highest BCUT2D eigenvalue weighted by Crippen LogP contribution is 2.33. The van der Waals surface area contributed by atoms with E-state index in [1.807, 2.05) is 0 Å². The molecule has 0 saturated carbocycles. The fraction of sp³-hybridized carbons (Fsp3) is 0.238. The van der Waals surface area contributed by atoms with Gasteiger partial charge in [0.25, 0.3) is 11.8 Å². The van der Waals surface area contributed by atoms with Crippen molar-refractivity contribution in [2.75, 3.05) is 31.6 Å². The van der Waals surface area contributed by atoms with Crippen LogP contribution < -0.4 is 10.1 Å². The van der Waals surface area contributed by atoms with E-state index in [0.29, 0.717) is 37.3 Å². The standard InChI is InChI=1S/C21H18F2N2O5/c22-21(23)30-16-8-4-2-6-14(16)19(26)24-17-13-5-1-3-7-15(13)29-18(17)20(27)25-9-11-28-12-10-25/h1-8,21H,9-12H2,(H,24,26). The molecule has 1 aliphatic heterocycles. The molecule has 1 saturated heterocycles. The van der Waals surface area contributed by atoms with Crippen LogP contribution in [0.4, 0.5) is 14.5 Å². The van der Waals surface area contributed by atoms with E-state index in [1.54, 1.807) is 29.2 Å². The number of ether oxygens (including phenoxy) is 2. The van der Waals surface area contributed by atoms with E-state index in [1.165, 1.54) is 24.3 Å². The number of furan rings is 1. The van der Waals surface area contributed by atoms with Gasteiger partial charge in [-0.15, -0.1) is 0 Å². The lowest BCUT2D eigenvalue weighted by Gasteiger charge is -2.26. The lowest BCUT2D eigenvalue weighted by molar-refractivity contribution is -0.0501. The average molecular weight is 416 g/mol. The normalized spacial score (nSPS) is 14.2. The number of hydrogen-bond donors (Lipinski definition) is 1. The molecule has 1 aliphatic rings. The summed E-state index contributed by atoms with van der Waals surface area (Å²) in [6, 6.07) is 12.5. The largest absolute Gasteiger partial charge is 0.449 e. The molecule has 0 unspecified atom stereocenters. The third-order valence-electron chi connectivity index (χ3n) is 4.67. The van der Waals surface area contributed by atoms with Crippen molar-refractivity contribution in [2.24, 2.45) is 0 Å². The van der Waals surface area contributed by atoms with Crippen LogP contribution in [0.1, 0.15) is 20.9 Å². The average Bonchev–Trinajstić information content (AvgIpc) is 3.12. The Morgan fingerprint density at radius 3 is 2.50 bits per heavy atom. The van der Waals surface area contributed by atoms with Gasteiger partial charge in [0.1, 0.15) is 17.0 Å². The number of fused-ring (bicyclic) bond motifs is 1. The second-order valence-corrected chi connectivity index (χ2v) is 6.54. The predicted octanol–water partition coefficient (Wildman–Crippen LogP) is 3.76. The van der Waals surface area contributed by atoms with Crippen LogP contribution in [0.25, 0.3) is 11.0 Å². The molecule has 9 heteroatoms. The summed E-state index contributed by atoms with van der Waals surface area (Å²) in [6.07, 6.45) is 0. The molecule has 0 atom stereocenters. The number of anilines is 1. The van der Waals surface area contributed by atoms with E-state index in [4.69, 9.17) is 9.15 Å². The quantitative estimate of drug-likeness (QED) is 0.685. The smallest absolute Gasteiger partial charge is 0.387 e. The van der Waals surface area contributed by atoms with Gasteiger partial charge in [0, 0.05) is 18.5 Å². The van der Waals surface area contributed by atoms with Gasteiger partial charge in [-0.05, 0) is 24.3 Å². The minimum Gasteiger partial charge on any atom is -0.449 e. The van der Waals surface area contributed by atoms with Crippen molar-refractivity contribution >= 4 is 28.5 Å². The first-order valence-electron chi connectivity index (χ1n) is 9.28. The molecule has 0 aliphatic carbocycles. The lowest BCUT2D eigenvalue weighted by Crippen LogP contribution is -2.40. The zero-order valence-corrected chi connectivity index (χ0v) is 15.8. The van der Waals surface area contributed by atoms with E-state index < -0.39 is 12.5 Å². The Hall–Kier alpha value is -3.46. The maximum atomic E-state index is 13.0. The highest BCUT2D eigenvalue weighted by Gasteiger charge is 2.28. The number of hydrogen-bond acceptors (Lipinski definition) is 5. The van der Waals surface area contributed by atoms with Crippen molar-refractivity contribution in [3.63, 3.8) is 0 Å². The fourth-order valence-corrected chi connectivity index (χ4v) is 3.26. The molecule has 1 N–H and O–H groups in total. The van der Waals surface area contributed by atoms with Crippen LogP contribution >= 0.6 is 0 Å². The van der Waals surface area contributed by atoms with Crippen molar-refractivity contribution in [1.82, 2.24) is 4.90 Å². The van der Waals surface area contributed by atoms with Crippen molar-refractivity contribution in [3.05, 3.63) is 59.9 Å². The summed E-state index contributed by atoms with van der Waals surface area (Å²) in [6.45, 7) is -1.46. The maximum absolute atomic E-state index is 13.0. The summed E-state index contributed by atoms with van der Waals surface area (Å²) in [7, 11) is 0. The van der Waals surface area contributed by atoms with Crippen LogP contribution in [-0.2, 0) is 4.74 Å². The number of amides is 2. The number of benzene rings is 2. The summed E-state index contributed by atoms with van der Waals surface area (Å²) in [4.78, 5) is 27.5. The molecule has 1 aromatic heterocycles. The van der Waals surface area contributed by atoms with E-state index in [-0.39, 0.29) is 28.7 Å². The molecule has 4 rings (SSSR count). The van der Waals surface area contributed by atoms with Crippen LogP contribution in [0.5, 0.6) is 5.75 Å². The molecule has 2 aromatic carbocycles. The number of carbonyl (C=O) groups excluding carboxylic acids is 2. The number of alkyl halides is 2. The molecule has 0 bridgehead atoms. The van der Waals surface area contributed by atoms with Crippen LogP contribution in [0.2, 0.25) is 0 Å². The van der Waals surface area contributed by atoms with Gasteiger partial charge in [0.2, 0.25) is 5.76 Å². The number of para-hydroxylation sites is 2. The van der Waals surface area contributed by atoms with Crippen LogP contribution in [-0.4, -0.2) is 49.6 Å². The molecule has 1 fully saturated rings. The topological polar surface area (TPSA) is 81.0 Å². The first kappa shape index (κ1) is 19.8. The highest BCUT2D eigenvalue weighted by molar-refractivity contribution is 6.15. The molecule has 3 aromatic rings. The first-order chi connectivity index (χ1) is 14.5. The second kappa shape index (κ2) is 8.50. The Morgan fingerprint density at radius 1 is 1.03 bits per heavy atom. The van der Waals surface area contributed by atoms with Gasteiger partial charge in [-0.1, -0.05) is 24.3 Å². The number of halogens is 2. The fourth-order valence-electron chi connectivity index (χ4n) is 3.26. The molecule has 156 valence electrons. The third kappa shape index (κ3) is 3.97. The van der Waals surface area contributed by atoms with Crippen molar-refractivity contribution in [3.8, 4) is 5.75 Å². The Morgan fingerprint density at radius 2 is 1.73 bits per heavy atom. The first-order valence-corrected chi connectivity index (χ1v) is 9.28. The van der Waals surface area contributed by atoms with Gasteiger partial charge in [0.05, 0.1) is 18.8 Å². The summed E-state index contributed by atoms with van der Waals surface area (Å²) >= 11 is 0. The van der Waals surface area contributed by atoms with E-state index in [9.17, 15) is 18.4 Å². The second-order valence-electron chi connectivity index (χ2n) is 6.54. The molecular formula is C21H18F2N2O5. The minimum absolute atomic E-state index is 0.0290. The van der Waals surface area contributed by atoms with Crippen molar-refractivity contribution in [1.29, 1.82) is 0 Å². The monoisotopic (exact) mass is 416 g/mol. The minimum atomic E-state index is -3.08. The molecule has 0 radical (unpaired) electrons. The predicted molar refractivity (Wildman–Crippen MR) is 104 cm³/mol. The van der Waals surface area contributed by atoms with Crippen LogP contribution in [0.15, 0.2) is 52.9 Å².